The minimum atomic E-state index is 0.104. The highest BCUT2D eigenvalue weighted by Crippen LogP contribution is 2.46. The largest absolute Gasteiger partial charge is 0.360 e. The highest BCUT2D eigenvalue weighted by Gasteiger charge is 2.44. The second-order valence-corrected chi connectivity index (χ2v) is 7.04. The smallest absolute Gasteiger partial charge is 0.140 e. The van der Waals surface area contributed by atoms with Gasteiger partial charge in [-0.05, 0) is 42.7 Å². The highest BCUT2D eigenvalue weighted by molar-refractivity contribution is 6.30. The minimum absolute atomic E-state index is 0.104. The van der Waals surface area contributed by atoms with E-state index in [-0.39, 0.29) is 12.0 Å². The number of ketones is 1. The normalized spacial score (nSPS) is 27.1. The van der Waals surface area contributed by atoms with E-state index in [4.69, 9.17) is 11.6 Å². The molecule has 2 saturated heterocycles. The molecule has 2 aromatic carbocycles. The van der Waals surface area contributed by atoms with E-state index in [9.17, 15) is 4.79 Å². The van der Waals surface area contributed by atoms with E-state index in [2.05, 4.69) is 41.3 Å². The van der Waals surface area contributed by atoms with E-state index >= 15 is 0 Å². The van der Waals surface area contributed by atoms with Crippen molar-refractivity contribution in [3.63, 3.8) is 0 Å². The van der Waals surface area contributed by atoms with Crippen LogP contribution in [0.4, 0.5) is 5.69 Å². The Hall–Kier alpha value is -1.80. The van der Waals surface area contributed by atoms with Crippen molar-refractivity contribution in [3.05, 3.63) is 65.2 Å². The van der Waals surface area contributed by atoms with Crippen LogP contribution in [0.5, 0.6) is 0 Å². The van der Waals surface area contributed by atoms with E-state index in [0.29, 0.717) is 18.2 Å². The number of hydrogen-bond donors (Lipinski definition) is 0. The van der Waals surface area contributed by atoms with Gasteiger partial charge in [-0.3, -0.25) is 4.79 Å². The molecule has 0 spiro atoms. The van der Waals surface area contributed by atoms with Gasteiger partial charge in [-0.2, -0.15) is 0 Å². The molecule has 3 fully saturated rings. The van der Waals surface area contributed by atoms with Crippen LogP contribution in [0.1, 0.15) is 37.3 Å². The number of fused-ring (bicyclic) bond motifs is 4. The lowest BCUT2D eigenvalue weighted by atomic mass is 9.81. The van der Waals surface area contributed by atoms with E-state index in [1.807, 2.05) is 18.2 Å². The molecular formula is C20H20ClNO. The Morgan fingerprint density at radius 2 is 1.70 bits per heavy atom. The van der Waals surface area contributed by atoms with Gasteiger partial charge in [0.2, 0.25) is 0 Å². The maximum Gasteiger partial charge on any atom is 0.140 e. The fourth-order valence-electron chi connectivity index (χ4n) is 4.24. The monoisotopic (exact) mass is 325 g/mol. The number of piperidine rings is 1. The van der Waals surface area contributed by atoms with Crippen LogP contribution in [0.25, 0.3) is 0 Å². The van der Waals surface area contributed by atoms with Crippen molar-refractivity contribution in [2.24, 2.45) is 5.92 Å². The molecule has 0 aromatic heterocycles. The van der Waals surface area contributed by atoms with Gasteiger partial charge in [0, 0.05) is 29.1 Å². The molecule has 1 aliphatic carbocycles. The molecule has 2 nitrogen and oxygen atoms in total. The van der Waals surface area contributed by atoms with Gasteiger partial charge in [0.15, 0.2) is 0 Å². The van der Waals surface area contributed by atoms with E-state index in [0.717, 1.165) is 24.3 Å². The third-order valence-electron chi connectivity index (χ3n) is 5.24. The molecule has 5 rings (SSSR count). The zero-order chi connectivity index (χ0) is 15.8. The van der Waals surface area contributed by atoms with E-state index < -0.39 is 0 Å². The van der Waals surface area contributed by atoms with Gasteiger partial charge in [-0.25, -0.2) is 0 Å². The number of anilines is 1. The Bertz CT molecular complexity index is 697. The van der Waals surface area contributed by atoms with Crippen LogP contribution >= 0.6 is 11.6 Å². The highest BCUT2D eigenvalue weighted by atomic mass is 35.5. The lowest BCUT2D eigenvalue weighted by Gasteiger charge is -2.45. The quantitative estimate of drug-likeness (QED) is 0.772. The van der Waals surface area contributed by atoms with Crippen molar-refractivity contribution < 1.29 is 4.79 Å². The van der Waals surface area contributed by atoms with Gasteiger partial charge in [-0.15, -0.1) is 0 Å². The molecule has 2 bridgehead atoms. The molecule has 2 aromatic rings. The number of halogens is 1. The first kappa shape index (κ1) is 14.8. The van der Waals surface area contributed by atoms with Crippen LogP contribution in [0.3, 0.4) is 0 Å². The number of nitrogens with zero attached hydrogens (tertiary/aromatic N) is 1. The zero-order valence-corrected chi connectivity index (χ0v) is 13.7. The summed E-state index contributed by atoms with van der Waals surface area (Å²) in [6.45, 7) is 0. The molecule has 3 aliphatic rings. The zero-order valence-electron chi connectivity index (χ0n) is 13.0. The summed E-state index contributed by atoms with van der Waals surface area (Å²) in [6.07, 6.45) is 3.90. The average Bonchev–Trinajstić information content (AvgIpc) is 2.87. The minimum Gasteiger partial charge on any atom is -0.360 e. The Morgan fingerprint density at radius 3 is 2.43 bits per heavy atom. The van der Waals surface area contributed by atoms with Crippen LogP contribution in [0.2, 0.25) is 5.02 Å². The third-order valence-corrected chi connectivity index (χ3v) is 5.49. The van der Waals surface area contributed by atoms with Crippen molar-refractivity contribution in [2.45, 2.75) is 37.8 Å². The average molecular weight is 326 g/mol. The number of carbonyl (C=O) groups excluding carboxylic acids is 1. The SMILES string of the molecule is O=C1C[C@H]2CCC[C@@H]1[C@@H](c1ccccc1)N2c1ccc(Cl)cc1. The van der Waals surface area contributed by atoms with Crippen molar-refractivity contribution in [1.29, 1.82) is 0 Å². The van der Waals surface area contributed by atoms with Crippen LogP contribution in [-0.2, 0) is 4.79 Å². The molecule has 3 atom stereocenters. The summed E-state index contributed by atoms with van der Waals surface area (Å²) >= 11 is 6.07. The summed E-state index contributed by atoms with van der Waals surface area (Å²) in [6, 6.07) is 19.0. The lowest BCUT2D eigenvalue weighted by Crippen LogP contribution is -2.48. The van der Waals surface area contributed by atoms with Crippen LogP contribution in [0.15, 0.2) is 54.6 Å². The second kappa shape index (κ2) is 6.01. The molecule has 0 radical (unpaired) electrons. The van der Waals surface area contributed by atoms with Gasteiger partial charge in [0.05, 0.1) is 6.04 Å². The first-order chi connectivity index (χ1) is 11.2. The van der Waals surface area contributed by atoms with Crippen LogP contribution in [-0.4, -0.2) is 11.8 Å². The summed E-state index contributed by atoms with van der Waals surface area (Å²) in [7, 11) is 0. The van der Waals surface area contributed by atoms with Crippen LogP contribution < -0.4 is 4.90 Å². The summed E-state index contributed by atoms with van der Waals surface area (Å²) in [4.78, 5) is 15.1. The summed E-state index contributed by atoms with van der Waals surface area (Å²) in [5.41, 5.74) is 2.42. The maximum atomic E-state index is 12.6. The third kappa shape index (κ3) is 2.66. The van der Waals surface area contributed by atoms with Gasteiger partial charge in [0.1, 0.15) is 5.78 Å². The molecule has 2 heterocycles. The van der Waals surface area contributed by atoms with Gasteiger partial charge < -0.3 is 4.90 Å². The van der Waals surface area contributed by atoms with Crippen molar-refractivity contribution in [3.8, 4) is 0 Å². The summed E-state index contributed by atoms with van der Waals surface area (Å²) < 4.78 is 0. The number of rotatable bonds is 2. The molecule has 23 heavy (non-hydrogen) atoms. The molecular weight excluding hydrogens is 306 g/mol. The molecule has 1 saturated carbocycles. The van der Waals surface area contributed by atoms with Crippen molar-refractivity contribution in [2.75, 3.05) is 4.90 Å². The molecule has 118 valence electrons. The Balaban J connectivity index is 1.83. The number of carbonyl (C=O) groups is 1. The standard InChI is InChI=1S/C20H20ClNO/c21-15-9-11-16(12-10-15)22-17-7-4-8-18(19(23)13-17)20(22)14-5-2-1-3-6-14/h1-3,5-6,9-12,17-18,20H,4,7-8,13H2/t17-,18+,20-/m1/s1. The van der Waals surface area contributed by atoms with Crippen molar-refractivity contribution >= 4 is 23.1 Å². The Labute approximate surface area is 142 Å². The number of benzene rings is 2. The Morgan fingerprint density at radius 1 is 0.957 bits per heavy atom. The molecule has 2 aliphatic heterocycles. The number of Topliss-reactive ketones (excluding diaryl/α,β-unsaturated/α-hetero) is 1. The fourth-order valence-corrected chi connectivity index (χ4v) is 4.37. The second-order valence-electron chi connectivity index (χ2n) is 6.60. The first-order valence-electron chi connectivity index (χ1n) is 8.35. The van der Waals surface area contributed by atoms with E-state index in [1.54, 1.807) is 0 Å². The van der Waals surface area contributed by atoms with Crippen LogP contribution in [0, 0.1) is 5.92 Å². The van der Waals surface area contributed by atoms with Gasteiger partial charge >= 0.3 is 0 Å². The summed E-state index contributed by atoms with van der Waals surface area (Å²) in [5.74, 6) is 0.540. The van der Waals surface area contributed by atoms with Gasteiger partial charge in [0.25, 0.3) is 0 Å². The lowest BCUT2D eigenvalue weighted by molar-refractivity contribution is -0.125. The maximum absolute atomic E-state index is 12.6. The molecule has 0 N–H and O–H groups in total. The fraction of sp³-hybridized carbons (Fsp3) is 0.350. The first-order valence-corrected chi connectivity index (χ1v) is 8.73. The number of hydrogen-bond acceptors (Lipinski definition) is 2. The van der Waals surface area contributed by atoms with Crippen molar-refractivity contribution in [1.82, 2.24) is 0 Å². The van der Waals surface area contributed by atoms with E-state index in [1.165, 1.54) is 11.3 Å². The topological polar surface area (TPSA) is 20.3 Å². The predicted octanol–water partition coefficient (Wildman–Crippen LogP) is 5.03. The summed E-state index contributed by atoms with van der Waals surface area (Å²) in [5, 5.41) is 0.751. The predicted molar refractivity (Wildman–Crippen MR) is 93.9 cm³/mol. The Kier molecular flexibility index (Phi) is 3.86. The molecule has 0 unspecified atom stereocenters. The van der Waals surface area contributed by atoms with Gasteiger partial charge in [-0.1, -0.05) is 48.4 Å². The molecule has 3 heteroatoms. The molecule has 0 amide bonds.